The lowest BCUT2D eigenvalue weighted by atomic mass is 10.1. The summed E-state index contributed by atoms with van der Waals surface area (Å²) in [5.74, 6) is -0.116. The van der Waals surface area contributed by atoms with Crippen molar-refractivity contribution in [2.45, 2.75) is 11.8 Å². The molecule has 0 saturated carbocycles. The molecule has 43 heavy (non-hydrogen) atoms. The minimum Gasteiger partial charge on any atom is -0.495 e. The first-order valence-corrected chi connectivity index (χ1v) is 14.5. The molecule has 4 rings (SSSR count). The Bertz CT molecular complexity index is 1640. The quantitative estimate of drug-likeness (QED) is 0.126. The number of hydrogen-bond donors (Lipinski definition) is 3. The smallest absolute Gasteiger partial charge is 0.272 e. The van der Waals surface area contributed by atoms with Crippen molar-refractivity contribution in [2.75, 3.05) is 30.6 Å². The van der Waals surface area contributed by atoms with Gasteiger partial charge in [0.1, 0.15) is 17.2 Å². The molecule has 0 radical (unpaired) electrons. The monoisotopic (exact) mass is 615 g/mol. The SMILES string of the molecule is COc1cc(OC)c(NC(=O)CSc2ccc(NC(=O)/C(=C/c3ccccc3C)NC(=O)c3ccccc3)cc2)cc1Cl. The van der Waals surface area contributed by atoms with Gasteiger partial charge >= 0.3 is 0 Å². The van der Waals surface area contributed by atoms with E-state index in [1.165, 1.54) is 26.0 Å². The van der Waals surface area contributed by atoms with Gasteiger partial charge in [-0.25, -0.2) is 0 Å². The van der Waals surface area contributed by atoms with Crippen LogP contribution in [0.15, 0.2) is 102 Å². The van der Waals surface area contributed by atoms with E-state index in [1.54, 1.807) is 66.7 Å². The molecule has 220 valence electrons. The van der Waals surface area contributed by atoms with Gasteiger partial charge in [-0.3, -0.25) is 14.4 Å². The summed E-state index contributed by atoms with van der Waals surface area (Å²) in [7, 11) is 2.99. The zero-order valence-corrected chi connectivity index (χ0v) is 25.3. The fraction of sp³-hybridized carbons (Fsp3) is 0.121. The number of benzene rings is 4. The highest BCUT2D eigenvalue weighted by molar-refractivity contribution is 8.00. The maximum Gasteiger partial charge on any atom is 0.272 e. The predicted molar refractivity (Wildman–Crippen MR) is 172 cm³/mol. The molecule has 0 aromatic heterocycles. The lowest BCUT2D eigenvalue weighted by Crippen LogP contribution is -2.30. The van der Waals surface area contributed by atoms with Crippen LogP contribution in [-0.2, 0) is 9.59 Å². The zero-order chi connectivity index (χ0) is 30.8. The van der Waals surface area contributed by atoms with E-state index in [-0.39, 0.29) is 17.4 Å². The summed E-state index contributed by atoms with van der Waals surface area (Å²) in [5.41, 5.74) is 3.27. The van der Waals surface area contributed by atoms with Crippen LogP contribution in [0.4, 0.5) is 11.4 Å². The minimum absolute atomic E-state index is 0.104. The molecule has 0 atom stereocenters. The Morgan fingerprint density at radius 2 is 1.51 bits per heavy atom. The molecule has 3 N–H and O–H groups in total. The predicted octanol–water partition coefficient (Wildman–Crippen LogP) is 6.81. The molecule has 0 aliphatic carbocycles. The first kappa shape index (κ1) is 31.2. The topological polar surface area (TPSA) is 106 Å². The van der Waals surface area contributed by atoms with E-state index < -0.39 is 11.8 Å². The van der Waals surface area contributed by atoms with Crippen LogP contribution in [0.5, 0.6) is 11.5 Å². The van der Waals surface area contributed by atoms with Gasteiger partial charge in [-0.2, -0.15) is 0 Å². The number of amides is 3. The summed E-state index contributed by atoms with van der Waals surface area (Å²) in [6, 6.07) is 26.5. The molecule has 0 fully saturated rings. The third-order valence-corrected chi connectivity index (χ3v) is 7.55. The highest BCUT2D eigenvalue weighted by atomic mass is 35.5. The number of hydrogen-bond acceptors (Lipinski definition) is 6. The Hall–Kier alpha value is -4.73. The first-order chi connectivity index (χ1) is 20.8. The Kier molecular flexibility index (Phi) is 10.9. The number of carbonyl (C=O) groups is 3. The molecule has 10 heteroatoms. The van der Waals surface area contributed by atoms with Crippen molar-refractivity contribution < 1.29 is 23.9 Å². The molecule has 0 unspecified atom stereocenters. The van der Waals surface area contributed by atoms with Gasteiger partial charge in [0.15, 0.2) is 0 Å². The summed E-state index contributed by atoms with van der Waals surface area (Å²) in [6.45, 7) is 1.93. The van der Waals surface area contributed by atoms with E-state index in [9.17, 15) is 14.4 Å². The number of aryl methyl sites for hydroxylation is 1. The molecule has 8 nitrogen and oxygen atoms in total. The highest BCUT2D eigenvalue weighted by Gasteiger charge is 2.16. The van der Waals surface area contributed by atoms with Gasteiger partial charge in [-0.15, -0.1) is 11.8 Å². The molecule has 3 amide bonds. The Balaban J connectivity index is 1.40. The molecule has 0 aliphatic heterocycles. The van der Waals surface area contributed by atoms with E-state index in [2.05, 4.69) is 16.0 Å². The Labute approximate surface area is 259 Å². The molecule has 0 aliphatic rings. The second-order valence-corrected chi connectivity index (χ2v) is 10.7. The molecule has 0 heterocycles. The molecule has 0 bridgehead atoms. The van der Waals surface area contributed by atoms with Crippen molar-refractivity contribution in [3.05, 3.63) is 118 Å². The fourth-order valence-electron chi connectivity index (χ4n) is 3.97. The third-order valence-electron chi connectivity index (χ3n) is 6.25. The van der Waals surface area contributed by atoms with Gasteiger partial charge < -0.3 is 25.4 Å². The maximum atomic E-state index is 13.3. The van der Waals surface area contributed by atoms with Crippen LogP contribution in [0, 0.1) is 6.92 Å². The Morgan fingerprint density at radius 3 is 2.19 bits per heavy atom. The maximum absolute atomic E-state index is 13.3. The van der Waals surface area contributed by atoms with Crippen LogP contribution in [0.2, 0.25) is 5.02 Å². The van der Waals surface area contributed by atoms with Crippen LogP contribution in [-0.4, -0.2) is 37.7 Å². The first-order valence-electron chi connectivity index (χ1n) is 13.2. The van der Waals surface area contributed by atoms with Crippen molar-refractivity contribution in [3.63, 3.8) is 0 Å². The van der Waals surface area contributed by atoms with Crippen LogP contribution >= 0.6 is 23.4 Å². The van der Waals surface area contributed by atoms with Crippen molar-refractivity contribution in [1.29, 1.82) is 0 Å². The summed E-state index contributed by atoms with van der Waals surface area (Å²) in [5, 5.41) is 8.74. The van der Waals surface area contributed by atoms with E-state index in [0.717, 1.165) is 16.0 Å². The van der Waals surface area contributed by atoms with Gasteiger partial charge in [0.2, 0.25) is 5.91 Å². The molecule has 0 spiro atoms. The van der Waals surface area contributed by atoms with Crippen LogP contribution in [0.25, 0.3) is 6.08 Å². The van der Waals surface area contributed by atoms with Crippen molar-refractivity contribution >= 4 is 58.5 Å². The lowest BCUT2D eigenvalue weighted by molar-refractivity contribution is -0.114. The summed E-state index contributed by atoms with van der Waals surface area (Å²) in [4.78, 5) is 39.6. The third kappa shape index (κ3) is 8.64. The van der Waals surface area contributed by atoms with Crippen molar-refractivity contribution in [2.24, 2.45) is 0 Å². The fourth-order valence-corrected chi connectivity index (χ4v) is 4.91. The highest BCUT2D eigenvalue weighted by Crippen LogP contribution is 2.36. The van der Waals surface area contributed by atoms with E-state index >= 15 is 0 Å². The number of anilines is 2. The standard InChI is InChI=1S/C33H30ClN3O5S/c1-21-9-7-8-12-23(21)17-28(37-32(39)22-10-5-4-6-11-22)33(40)35-24-13-15-25(16-14-24)43-20-31(38)36-27-18-26(34)29(41-2)19-30(27)42-3/h4-19H,20H2,1-3H3,(H,35,40)(H,36,38)(H,37,39)/b28-17-. The van der Waals surface area contributed by atoms with Gasteiger partial charge in [0, 0.05) is 22.2 Å². The average Bonchev–Trinajstić information content (AvgIpc) is 3.02. The number of thioether (sulfide) groups is 1. The summed E-state index contributed by atoms with van der Waals surface area (Å²) < 4.78 is 10.5. The van der Waals surface area contributed by atoms with Crippen LogP contribution < -0.4 is 25.4 Å². The minimum atomic E-state index is -0.473. The average molecular weight is 616 g/mol. The number of nitrogens with one attached hydrogen (secondary N) is 3. The molecule has 0 saturated heterocycles. The molecule has 4 aromatic rings. The van der Waals surface area contributed by atoms with E-state index in [1.807, 2.05) is 37.3 Å². The lowest BCUT2D eigenvalue weighted by Gasteiger charge is -2.13. The summed E-state index contributed by atoms with van der Waals surface area (Å²) >= 11 is 7.52. The second-order valence-electron chi connectivity index (χ2n) is 9.24. The summed E-state index contributed by atoms with van der Waals surface area (Å²) in [6.07, 6.45) is 1.65. The number of rotatable bonds is 11. The normalized spacial score (nSPS) is 10.9. The van der Waals surface area contributed by atoms with E-state index in [0.29, 0.717) is 33.5 Å². The number of methoxy groups -OCH3 is 2. The number of carbonyl (C=O) groups excluding carboxylic acids is 3. The zero-order valence-electron chi connectivity index (χ0n) is 23.8. The largest absolute Gasteiger partial charge is 0.495 e. The van der Waals surface area contributed by atoms with E-state index in [4.69, 9.17) is 21.1 Å². The van der Waals surface area contributed by atoms with Crippen LogP contribution in [0.1, 0.15) is 21.5 Å². The molecular weight excluding hydrogens is 586 g/mol. The Morgan fingerprint density at radius 1 is 0.837 bits per heavy atom. The van der Waals surface area contributed by atoms with Gasteiger partial charge in [-0.1, -0.05) is 54.1 Å². The van der Waals surface area contributed by atoms with Crippen molar-refractivity contribution in [1.82, 2.24) is 5.32 Å². The van der Waals surface area contributed by atoms with Crippen LogP contribution in [0.3, 0.4) is 0 Å². The van der Waals surface area contributed by atoms with Gasteiger partial charge in [-0.05, 0) is 66.6 Å². The van der Waals surface area contributed by atoms with Gasteiger partial charge in [0.25, 0.3) is 11.8 Å². The van der Waals surface area contributed by atoms with Crippen molar-refractivity contribution in [3.8, 4) is 11.5 Å². The number of ether oxygens (including phenoxy) is 2. The van der Waals surface area contributed by atoms with Gasteiger partial charge in [0.05, 0.1) is 30.7 Å². The second kappa shape index (κ2) is 14.9. The molecular formula is C33H30ClN3O5S. The molecule has 4 aromatic carbocycles. The number of halogens is 1.